The van der Waals surface area contributed by atoms with E-state index in [2.05, 4.69) is 12.7 Å². The van der Waals surface area contributed by atoms with E-state index in [1.165, 1.54) is 16.7 Å². The Labute approximate surface area is 159 Å². The number of phenols is 2. The first-order valence-corrected chi connectivity index (χ1v) is 9.38. The van der Waals surface area contributed by atoms with Crippen LogP contribution in [0.2, 0.25) is 0 Å². The number of allylic oxidation sites excluding steroid dienone is 4. The highest BCUT2D eigenvalue weighted by Gasteiger charge is 2.20. The maximum atomic E-state index is 9.66. The molecular weight excluding hydrogens is 344 g/mol. The molecule has 0 heterocycles. The minimum atomic E-state index is 0.247. The number of benzene rings is 2. The number of rotatable bonds is 7. The highest BCUT2D eigenvalue weighted by molar-refractivity contribution is 6.17. The molecule has 0 unspecified atom stereocenters. The molecule has 2 nitrogen and oxygen atoms in total. The number of halogens is 1. The highest BCUT2D eigenvalue weighted by Crippen LogP contribution is 2.39. The normalized spacial score (nSPS) is 14.5. The summed E-state index contributed by atoms with van der Waals surface area (Å²) >= 11 is 5.87. The summed E-state index contributed by atoms with van der Waals surface area (Å²) < 4.78 is 0. The van der Waals surface area contributed by atoms with E-state index in [9.17, 15) is 10.2 Å². The molecule has 2 aromatic rings. The van der Waals surface area contributed by atoms with Crippen LogP contribution in [0.5, 0.6) is 11.5 Å². The van der Waals surface area contributed by atoms with Crippen LogP contribution in [0.3, 0.4) is 0 Å². The summed E-state index contributed by atoms with van der Waals surface area (Å²) in [7, 11) is 0. The van der Waals surface area contributed by atoms with Gasteiger partial charge < -0.3 is 10.2 Å². The Bertz CT molecular complexity index is 795. The first-order chi connectivity index (χ1) is 12.6. The van der Waals surface area contributed by atoms with Crippen molar-refractivity contribution in [2.75, 3.05) is 5.88 Å². The quantitative estimate of drug-likeness (QED) is 0.452. The molecule has 0 bridgehead atoms. The van der Waals surface area contributed by atoms with E-state index in [1.807, 2.05) is 24.3 Å². The second-order valence-electron chi connectivity index (χ2n) is 6.59. The van der Waals surface area contributed by atoms with Crippen LogP contribution in [0, 0.1) is 0 Å². The van der Waals surface area contributed by atoms with Gasteiger partial charge in [0, 0.05) is 5.88 Å². The van der Waals surface area contributed by atoms with E-state index in [4.69, 9.17) is 11.6 Å². The summed E-state index contributed by atoms with van der Waals surface area (Å²) in [5.41, 5.74) is 6.92. The topological polar surface area (TPSA) is 40.5 Å². The maximum Gasteiger partial charge on any atom is 0.115 e. The Morgan fingerprint density at radius 1 is 0.923 bits per heavy atom. The molecule has 134 valence electrons. The lowest BCUT2D eigenvalue weighted by molar-refractivity contribution is 0.475. The van der Waals surface area contributed by atoms with Crippen LogP contribution < -0.4 is 0 Å². The molecule has 3 rings (SSSR count). The number of aromatic hydroxyl groups is 2. The molecule has 3 heteroatoms. The van der Waals surface area contributed by atoms with Crippen LogP contribution in [0.1, 0.15) is 36.8 Å². The molecule has 2 aromatic carbocycles. The molecule has 0 radical (unpaired) electrons. The number of alkyl halides is 1. The lowest BCUT2D eigenvalue weighted by Gasteiger charge is -2.15. The second kappa shape index (κ2) is 8.29. The van der Waals surface area contributed by atoms with Gasteiger partial charge in [-0.15, -0.1) is 11.6 Å². The lowest BCUT2D eigenvalue weighted by atomic mass is 9.90. The molecule has 0 aromatic heterocycles. The highest BCUT2D eigenvalue weighted by atomic mass is 35.5. The Morgan fingerprint density at radius 3 is 1.85 bits per heavy atom. The molecule has 0 atom stereocenters. The molecule has 26 heavy (non-hydrogen) atoms. The molecule has 0 spiro atoms. The van der Waals surface area contributed by atoms with Crippen molar-refractivity contribution in [3.05, 3.63) is 89.0 Å². The van der Waals surface area contributed by atoms with Crippen molar-refractivity contribution < 1.29 is 10.2 Å². The van der Waals surface area contributed by atoms with Gasteiger partial charge in [0.1, 0.15) is 11.5 Å². The van der Waals surface area contributed by atoms with Crippen LogP contribution in [0.4, 0.5) is 0 Å². The molecule has 0 aliphatic heterocycles. The molecule has 1 saturated carbocycles. The summed E-state index contributed by atoms with van der Waals surface area (Å²) in [6.45, 7) is 4.05. The third kappa shape index (κ3) is 4.59. The van der Waals surface area contributed by atoms with Gasteiger partial charge in [-0.1, -0.05) is 36.9 Å². The van der Waals surface area contributed by atoms with Gasteiger partial charge in [-0.25, -0.2) is 0 Å². The summed E-state index contributed by atoms with van der Waals surface area (Å²) in [6.07, 6.45) is 6.10. The average Bonchev–Trinajstić information content (AvgIpc) is 3.33. The maximum absolute atomic E-state index is 9.66. The minimum absolute atomic E-state index is 0.247. The minimum Gasteiger partial charge on any atom is -0.508 e. The van der Waals surface area contributed by atoms with E-state index in [-0.39, 0.29) is 11.5 Å². The summed E-state index contributed by atoms with van der Waals surface area (Å²) in [4.78, 5) is 0. The number of hydrogen-bond donors (Lipinski definition) is 2. The van der Waals surface area contributed by atoms with E-state index < -0.39 is 0 Å². The van der Waals surface area contributed by atoms with Gasteiger partial charge in [0.2, 0.25) is 0 Å². The number of phenolic OH excluding ortho intramolecular Hbond substituents is 2. The van der Waals surface area contributed by atoms with Gasteiger partial charge in [-0.2, -0.15) is 0 Å². The standard InChI is InChI=1S/C23H23ClO2/c1-16-14-20(16)15-19(4-2-3-13-24)23(17-5-9-21(25)10-6-17)18-7-11-22(26)12-8-18/h5-12,15,25-26H,1-4,13-14H2/b20-15+. The second-order valence-corrected chi connectivity index (χ2v) is 6.97. The van der Waals surface area contributed by atoms with Crippen molar-refractivity contribution in [2.24, 2.45) is 0 Å². The van der Waals surface area contributed by atoms with Gasteiger partial charge in [0.15, 0.2) is 0 Å². The van der Waals surface area contributed by atoms with Gasteiger partial charge >= 0.3 is 0 Å². The van der Waals surface area contributed by atoms with Crippen molar-refractivity contribution in [2.45, 2.75) is 25.7 Å². The fourth-order valence-electron chi connectivity index (χ4n) is 3.02. The summed E-state index contributed by atoms with van der Waals surface area (Å²) in [5, 5.41) is 19.3. The molecule has 0 amide bonds. The molecule has 0 saturated heterocycles. The number of unbranched alkanes of at least 4 members (excludes halogenated alkanes) is 1. The van der Waals surface area contributed by atoms with E-state index in [1.54, 1.807) is 24.3 Å². The Balaban J connectivity index is 2.12. The third-order valence-corrected chi connectivity index (χ3v) is 4.81. The van der Waals surface area contributed by atoms with Gasteiger partial charge in [-0.05, 0) is 83.4 Å². The van der Waals surface area contributed by atoms with Gasteiger partial charge in [0.05, 0.1) is 0 Å². The third-order valence-electron chi connectivity index (χ3n) is 4.54. The van der Waals surface area contributed by atoms with E-state index in [0.717, 1.165) is 42.4 Å². The monoisotopic (exact) mass is 366 g/mol. The van der Waals surface area contributed by atoms with E-state index >= 15 is 0 Å². The van der Waals surface area contributed by atoms with Crippen LogP contribution >= 0.6 is 11.6 Å². The van der Waals surface area contributed by atoms with Crippen molar-refractivity contribution in [3.63, 3.8) is 0 Å². The van der Waals surface area contributed by atoms with Crippen LogP contribution in [-0.2, 0) is 0 Å². The number of hydrogen-bond acceptors (Lipinski definition) is 2. The lowest BCUT2D eigenvalue weighted by Crippen LogP contribution is -1.95. The molecule has 1 fully saturated rings. The van der Waals surface area contributed by atoms with Crippen LogP contribution in [0.25, 0.3) is 5.57 Å². The first kappa shape index (κ1) is 18.3. The Hall–Kier alpha value is -2.45. The zero-order chi connectivity index (χ0) is 18.5. The van der Waals surface area contributed by atoms with Crippen molar-refractivity contribution in [1.82, 2.24) is 0 Å². The SMILES string of the molecule is C=C1C/C1=C\C(CCCCCl)=C(c1ccc(O)cc1)c1ccc(O)cc1. The molecule has 1 aliphatic rings. The van der Waals surface area contributed by atoms with Crippen molar-refractivity contribution in [1.29, 1.82) is 0 Å². The zero-order valence-electron chi connectivity index (χ0n) is 14.7. The zero-order valence-corrected chi connectivity index (χ0v) is 15.5. The van der Waals surface area contributed by atoms with Crippen LogP contribution in [0.15, 0.2) is 77.9 Å². The largest absolute Gasteiger partial charge is 0.508 e. The van der Waals surface area contributed by atoms with E-state index in [0.29, 0.717) is 5.88 Å². The summed E-state index contributed by atoms with van der Waals surface area (Å²) in [6, 6.07) is 14.5. The molecule has 2 N–H and O–H groups in total. The molecular formula is C23H23ClO2. The van der Waals surface area contributed by atoms with Crippen molar-refractivity contribution >= 4 is 17.2 Å². The fraction of sp³-hybridized carbons (Fsp3) is 0.217. The van der Waals surface area contributed by atoms with Crippen LogP contribution in [-0.4, -0.2) is 16.1 Å². The Morgan fingerprint density at radius 2 is 1.42 bits per heavy atom. The Kier molecular flexibility index (Phi) is 5.85. The van der Waals surface area contributed by atoms with Crippen molar-refractivity contribution in [3.8, 4) is 11.5 Å². The predicted octanol–water partition coefficient (Wildman–Crippen LogP) is 6.20. The van der Waals surface area contributed by atoms with Gasteiger partial charge in [0.25, 0.3) is 0 Å². The smallest absolute Gasteiger partial charge is 0.115 e. The average molecular weight is 367 g/mol. The van der Waals surface area contributed by atoms with Gasteiger partial charge in [-0.3, -0.25) is 0 Å². The first-order valence-electron chi connectivity index (χ1n) is 8.85. The fourth-order valence-corrected chi connectivity index (χ4v) is 3.21. The molecule has 1 aliphatic carbocycles. The predicted molar refractivity (Wildman–Crippen MR) is 109 cm³/mol. The summed E-state index contributed by atoms with van der Waals surface area (Å²) in [5.74, 6) is 1.15.